The molecule has 1 aliphatic rings. The van der Waals surface area contributed by atoms with Crippen molar-refractivity contribution in [3.8, 4) is 23.0 Å². The van der Waals surface area contributed by atoms with Crippen LogP contribution in [0.15, 0.2) is 48.5 Å². The number of carbonyl (C=O) groups excluding carboxylic acids is 2. The fourth-order valence-electron chi connectivity index (χ4n) is 7.74. The molecule has 0 aromatic heterocycles. The van der Waals surface area contributed by atoms with Crippen molar-refractivity contribution in [1.82, 2.24) is 10.6 Å². The Kier molecular flexibility index (Phi) is 14.2. The van der Waals surface area contributed by atoms with Crippen molar-refractivity contribution in [2.75, 3.05) is 26.3 Å². The van der Waals surface area contributed by atoms with Gasteiger partial charge in [0, 0.05) is 25.7 Å². The van der Waals surface area contributed by atoms with Gasteiger partial charge in [0.1, 0.15) is 36.1 Å². The fourth-order valence-corrected chi connectivity index (χ4v) is 7.74. The number of hydrogen-bond donors (Lipinski definition) is 6. The predicted molar refractivity (Wildman–Crippen MR) is 247 cm³/mol. The van der Waals surface area contributed by atoms with Crippen molar-refractivity contribution >= 4 is 23.8 Å². The van der Waals surface area contributed by atoms with Crippen LogP contribution in [-0.2, 0) is 66.5 Å². The van der Waals surface area contributed by atoms with Crippen LogP contribution in [0.1, 0.15) is 150 Å². The van der Waals surface area contributed by atoms with Crippen LogP contribution in [0.5, 0.6) is 23.0 Å². The van der Waals surface area contributed by atoms with E-state index in [4.69, 9.17) is 9.47 Å². The lowest BCUT2D eigenvalue weighted by molar-refractivity contribution is -0.138. The van der Waals surface area contributed by atoms with Crippen LogP contribution < -0.4 is 20.1 Å². The van der Waals surface area contributed by atoms with E-state index in [-0.39, 0.29) is 58.8 Å². The molecule has 344 valence electrons. The highest BCUT2D eigenvalue weighted by Gasteiger charge is 2.29. The molecule has 8 bridgehead atoms. The van der Waals surface area contributed by atoms with Crippen molar-refractivity contribution in [1.29, 1.82) is 0 Å². The third-order valence-electron chi connectivity index (χ3n) is 11.6. The highest BCUT2D eigenvalue weighted by molar-refractivity contribution is 5.83. The molecular weight excluding hydrogens is 813 g/mol. The van der Waals surface area contributed by atoms with Crippen LogP contribution in [0, 0.1) is 0 Å². The van der Waals surface area contributed by atoms with Crippen LogP contribution in [0.4, 0.5) is 0 Å². The molecule has 0 spiro atoms. The molecule has 4 aromatic rings. The van der Waals surface area contributed by atoms with E-state index in [2.05, 4.69) is 93.7 Å². The summed E-state index contributed by atoms with van der Waals surface area (Å²) < 4.78 is 12.8. The Bertz CT molecular complexity index is 2190. The van der Waals surface area contributed by atoms with E-state index in [1.54, 1.807) is 0 Å². The van der Waals surface area contributed by atoms with E-state index in [9.17, 15) is 39.6 Å². The molecule has 12 nitrogen and oxygen atoms in total. The third-order valence-corrected chi connectivity index (χ3v) is 11.6. The summed E-state index contributed by atoms with van der Waals surface area (Å²) in [6.07, 6.45) is 0.744. The monoisotopic (exact) mass is 878 g/mol. The standard InChI is InChI=1S/C52H66N2O10/c1-49(2,3)37-17-29-13-33-21-39(51(7,8)9)23-35(47(33)63-27-41(55)53-25-43(57)58)15-31-19-38(50(4,5)6)20-32(46(31)62)16-36-24-40(52(10,11)12)22-34(14-30(18-37)45(29)61)48(36)64-28-42(56)54-26-44(59)60/h17-24,61-62H,13-16,25-28H2,1-12H3,(H,53,55)(H,54,56)(H,57,58)(H,59,60). The molecule has 0 radical (unpaired) electrons. The van der Waals surface area contributed by atoms with Gasteiger partial charge in [-0.25, -0.2) is 0 Å². The predicted octanol–water partition coefficient (Wildman–Crippen LogP) is 8.12. The zero-order valence-corrected chi connectivity index (χ0v) is 39.5. The maximum absolute atomic E-state index is 13.0. The van der Waals surface area contributed by atoms with Gasteiger partial charge in [-0.15, -0.1) is 0 Å². The number of aliphatic carboxylic acids is 2. The lowest BCUT2D eigenvalue weighted by atomic mass is 9.79. The molecule has 0 aliphatic heterocycles. The summed E-state index contributed by atoms with van der Waals surface area (Å²) in [5.41, 5.74) is 7.61. The molecule has 0 unspecified atom stereocenters. The number of carbonyl (C=O) groups is 4. The molecular formula is C52H66N2O10. The Balaban J connectivity index is 1.89. The first kappa shape index (κ1) is 49.0. The van der Waals surface area contributed by atoms with E-state index in [1.807, 2.05) is 48.5 Å². The second-order valence-electron chi connectivity index (χ2n) is 21.2. The average molecular weight is 879 g/mol. The number of amides is 2. The molecule has 0 saturated heterocycles. The SMILES string of the molecule is CC(C)(C)c1cc2c(O)c(c1)Cc1cc(C(C)(C)C)cc(c1OCC(=O)NCC(=O)O)Cc1cc(C(C)(C)C)cc(c1O)Cc1cc(C(C)(C)C)cc(c1OCC(=O)NCC(=O)O)C2. The molecule has 0 saturated carbocycles. The van der Waals surface area contributed by atoms with Crippen molar-refractivity contribution in [3.63, 3.8) is 0 Å². The maximum Gasteiger partial charge on any atom is 0.322 e. The first-order valence-corrected chi connectivity index (χ1v) is 21.8. The number of phenols is 2. The van der Waals surface area contributed by atoms with Gasteiger partial charge in [-0.05, 0) is 88.4 Å². The van der Waals surface area contributed by atoms with Gasteiger partial charge in [0.05, 0.1) is 0 Å². The minimum atomic E-state index is -1.19. The molecule has 0 atom stereocenters. The van der Waals surface area contributed by atoms with Crippen molar-refractivity contribution in [2.24, 2.45) is 0 Å². The number of carboxylic acids is 2. The minimum Gasteiger partial charge on any atom is -0.507 e. The number of rotatable bonds is 10. The summed E-state index contributed by atoms with van der Waals surface area (Å²) in [4.78, 5) is 48.6. The zero-order chi connectivity index (χ0) is 47.7. The number of benzene rings is 4. The van der Waals surface area contributed by atoms with Gasteiger partial charge in [-0.3, -0.25) is 19.2 Å². The highest BCUT2D eigenvalue weighted by atomic mass is 16.5. The van der Waals surface area contributed by atoms with Crippen molar-refractivity contribution < 1.29 is 49.1 Å². The first-order chi connectivity index (χ1) is 29.5. The summed E-state index contributed by atoms with van der Waals surface area (Å²) in [6, 6.07) is 16.0. The van der Waals surface area contributed by atoms with Crippen LogP contribution in [0.25, 0.3) is 0 Å². The lowest BCUT2D eigenvalue weighted by Gasteiger charge is -2.28. The number of nitrogens with one attached hydrogen (secondary N) is 2. The van der Waals surface area contributed by atoms with E-state index in [1.165, 1.54) is 0 Å². The van der Waals surface area contributed by atoms with Crippen LogP contribution >= 0.6 is 0 Å². The molecule has 6 N–H and O–H groups in total. The van der Waals surface area contributed by atoms with E-state index >= 15 is 0 Å². The molecule has 1 aliphatic carbocycles. The zero-order valence-electron chi connectivity index (χ0n) is 39.5. The summed E-state index contributed by atoms with van der Waals surface area (Å²) in [5.74, 6) is -2.71. The maximum atomic E-state index is 13.0. The highest BCUT2D eigenvalue weighted by Crippen LogP contribution is 2.43. The smallest absolute Gasteiger partial charge is 0.322 e. The second kappa shape index (κ2) is 18.6. The van der Waals surface area contributed by atoms with Gasteiger partial charge in [0.15, 0.2) is 13.2 Å². The molecule has 0 heterocycles. The van der Waals surface area contributed by atoms with Gasteiger partial charge < -0.3 is 40.5 Å². The van der Waals surface area contributed by atoms with Crippen LogP contribution in [0.3, 0.4) is 0 Å². The van der Waals surface area contributed by atoms with Gasteiger partial charge in [-0.2, -0.15) is 0 Å². The Morgan fingerprint density at radius 2 is 0.656 bits per heavy atom. The van der Waals surface area contributed by atoms with E-state index < -0.39 is 50.1 Å². The molecule has 2 amide bonds. The molecule has 64 heavy (non-hydrogen) atoms. The van der Waals surface area contributed by atoms with Crippen molar-refractivity contribution in [2.45, 2.75) is 130 Å². The number of ether oxygens (including phenoxy) is 2. The van der Waals surface area contributed by atoms with Gasteiger partial charge >= 0.3 is 11.9 Å². The summed E-state index contributed by atoms with van der Waals surface area (Å²) >= 11 is 0. The summed E-state index contributed by atoms with van der Waals surface area (Å²) in [7, 11) is 0. The Morgan fingerprint density at radius 1 is 0.438 bits per heavy atom. The normalized spacial score (nSPS) is 13.2. The molecule has 0 fully saturated rings. The quantitative estimate of drug-likeness (QED) is 0.0799. The topological polar surface area (TPSA) is 192 Å². The molecule has 4 aromatic carbocycles. The minimum absolute atomic E-state index is 0.0542. The number of aromatic hydroxyl groups is 2. The van der Waals surface area contributed by atoms with Gasteiger partial charge in [0.2, 0.25) is 0 Å². The van der Waals surface area contributed by atoms with E-state index in [0.717, 1.165) is 22.3 Å². The summed E-state index contributed by atoms with van der Waals surface area (Å²) in [6.45, 7) is 23.1. The second-order valence-corrected chi connectivity index (χ2v) is 21.2. The Labute approximate surface area is 377 Å². The van der Waals surface area contributed by atoms with Crippen LogP contribution in [-0.4, -0.2) is 70.5 Å². The van der Waals surface area contributed by atoms with Gasteiger partial charge in [-0.1, -0.05) is 132 Å². The largest absolute Gasteiger partial charge is 0.507 e. The number of phenolic OH excluding ortho intramolecular Hbond substituents is 2. The molecule has 5 rings (SSSR count). The Hall–Kier alpha value is -6.04. The van der Waals surface area contributed by atoms with Gasteiger partial charge in [0.25, 0.3) is 11.8 Å². The number of fused-ring (bicyclic) bond motifs is 8. The first-order valence-electron chi connectivity index (χ1n) is 21.8. The van der Waals surface area contributed by atoms with Crippen LogP contribution in [0.2, 0.25) is 0 Å². The number of carboxylic acid groups (broad SMARTS) is 2. The van der Waals surface area contributed by atoms with Crippen molar-refractivity contribution in [3.05, 3.63) is 115 Å². The Morgan fingerprint density at radius 3 is 0.859 bits per heavy atom. The molecule has 12 heteroatoms. The fraction of sp³-hybridized carbons (Fsp3) is 0.462. The number of hydrogen-bond acceptors (Lipinski definition) is 8. The average Bonchev–Trinajstić information content (AvgIpc) is 3.16. The van der Waals surface area contributed by atoms with E-state index in [0.29, 0.717) is 56.0 Å². The lowest BCUT2D eigenvalue weighted by Crippen LogP contribution is -2.33. The third kappa shape index (κ3) is 12.1. The summed E-state index contributed by atoms with van der Waals surface area (Å²) in [5, 5.41) is 48.1.